The SMILES string of the molecule is CC(C)(C)OC(=O)N(CCCNC(=O)C1CC=CCC1)Cc1cccnc1. The fraction of sp³-hybridized carbons (Fsp3) is 0.571. The molecule has 6 heteroatoms. The molecule has 1 aliphatic rings. The summed E-state index contributed by atoms with van der Waals surface area (Å²) < 4.78 is 5.52. The summed E-state index contributed by atoms with van der Waals surface area (Å²) in [5.41, 5.74) is 0.397. The molecule has 1 unspecified atom stereocenters. The van der Waals surface area contributed by atoms with Gasteiger partial charge in [-0.3, -0.25) is 9.78 Å². The summed E-state index contributed by atoms with van der Waals surface area (Å²) >= 11 is 0. The molecule has 1 N–H and O–H groups in total. The lowest BCUT2D eigenvalue weighted by molar-refractivity contribution is -0.125. The summed E-state index contributed by atoms with van der Waals surface area (Å²) in [5, 5.41) is 2.99. The lowest BCUT2D eigenvalue weighted by atomic mass is 9.94. The second-order valence-corrected chi connectivity index (χ2v) is 7.89. The van der Waals surface area contributed by atoms with Crippen LogP contribution in [0.25, 0.3) is 0 Å². The highest BCUT2D eigenvalue weighted by Gasteiger charge is 2.22. The van der Waals surface area contributed by atoms with Gasteiger partial charge in [0, 0.05) is 31.4 Å². The average molecular weight is 373 g/mol. The van der Waals surface area contributed by atoms with Crippen molar-refractivity contribution >= 4 is 12.0 Å². The van der Waals surface area contributed by atoms with Gasteiger partial charge in [-0.15, -0.1) is 0 Å². The topological polar surface area (TPSA) is 71.5 Å². The van der Waals surface area contributed by atoms with E-state index in [0.29, 0.717) is 26.1 Å². The lowest BCUT2D eigenvalue weighted by Crippen LogP contribution is -2.38. The molecule has 1 aromatic heterocycles. The Balaban J connectivity index is 1.84. The molecule has 148 valence electrons. The molecule has 6 nitrogen and oxygen atoms in total. The molecule has 1 aliphatic carbocycles. The largest absolute Gasteiger partial charge is 0.444 e. The van der Waals surface area contributed by atoms with Crippen LogP contribution in [0.4, 0.5) is 4.79 Å². The van der Waals surface area contributed by atoms with Crippen LogP contribution >= 0.6 is 0 Å². The lowest BCUT2D eigenvalue weighted by Gasteiger charge is -2.27. The van der Waals surface area contributed by atoms with E-state index in [0.717, 1.165) is 24.8 Å². The summed E-state index contributed by atoms with van der Waals surface area (Å²) in [6.07, 6.45) is 10.7. The molecule has 27 heavy (non-hydrogen) atoms. The number of aromatic nitrogens is 1. The highest BCUT2D eigenvalue weighted by Crippen LogP contribution is 2.18. The van der Waals surface area contributed by atoms with Crippen LogP contribution in [0.1, 0.15) is 52.0 Å². The van der Waals surface area contributed by atoms with Crippen LogP contribution in [0.2, 0.25) is 0 Å². The van der Waals surface area contributed by atoms with Crippen LogP contribution in [-0.2, 0) is 16.1 Å². The van der Waals surface area contributed by atoms with Crippen molar-refractivity contribution in [2.24, 2.45) is 5.92 Å². The van der Waals surface area contributed by atoms with Gasteiger partial charge in [-0.2, -0.15) is 0 Å². The minimum Gasteiger partial charge on any atom is -0.444 e. The van der Waals surface area contributed by atoms with Crippen LogP contribution in [0.3, 0.4) is 0 Å². The van der Waals surface area contributed by atoms with Crippen LogP contribution in [0.15, 0.2) is 36.7 Å². The standard InChI is InChI=1S/C21H31N3O3/c1-21(2,3)27-20(26)24(16-17-9-7-12-22-15-17)14-8-13-23-19(25)18-10-5-4-6-11-18/h4-5,7,9,12,15,18H,6,8,10-11,13-14,16H2,1-3H3,(H,23,25). The fourth-order valence-electron chi connectivity index (χ4n) is 2.93. The maximum atomic E-state index is 12.5. The molecule has 0 fully saturated rings. The van der Waals surface area contributed by atoms with Crippen molar-refractivity contribution in [2.75, 3.05) is 13.1 Å². The van der Waals surface area contributed by atoms with E-state index in [2.05, 4.69) is 22.5 Å². The number of rotatable bonds is 7. The number of nitrogens with one attached hydrogen (secondary N) is 1. The summed E-state index contributed by atoms with van der Waals surface area (Å²) in [5.74, 6) is 0.183. The van der Waals surface area contributed by atoms with Gasteiger partial charge in [-0.25, -0.2) is 4.79 Å². The molecule has 0 saturated carbocycles. The van der Waals surface area contributed by atoms with Gasteiger partial charge < -0.3 is 15.0 Å². The Morgan fingerprint density at radius 3 is 2.78 bits per heavy atom. The van der Waals surface area contributed by atoms with Gasteiger partial charge in [-0.05, 0) is 58.1 Å². The molecular formula is C21H31N3O3. The maximum Gasteiger partial charge on any atom is 0.410 e. The molecule has 0 aromatic carbocycles. The number of pyridine rings is 1. The zero-order chi connectivity index (χ0) is 19.7. The van der Waals surface area contributed by atoms with Crippen molar-refractivity contribution in [3.63, 3.8) is 0 Å². The number of ether oxygens (including phenoxy) is 1. The zero-order valence-electron chi connectivity index (χ0n) is 16.6. The Kier molecular flexibility index (Phi) is 7.82. The molecule has 1 atom stereocenters. The number of allylic oxidation sites excluding steroid dienone is 2. The quantitative estimate of drug-likeness (QED) is 0.584. The number of carbonyl (C=O) groups is 2. The summed E-state index contributed by atoms with van der Waals surface area (Å²) in [7, 11) is 0. The van der Waals surface area contributed by atoms with Crippen molar-refractivity contribution in [2.45, 2.75) is 58.6 Å². The first-order chi connectivity index (χ1) is 12.8. The predicted octanol–water partition coefficient (Wildman–Crippen LogP) is 3.68. The Morgan fingerprint density at radius 1 is 1.33 bits per heavy atom. The molecular weight excluding hydrogens is 342 g/mol. The molecule has 2 amide bonds. The molecule has 0 aliphatic heterocycles. The van der Waals surface area contributed by atoms with Crippen molar-refractivity contribution in [3.8, 4) is 0 Å². The number of hydrogen-bond donors (Lipinski definition) is 1. The second kappa shape index (κ2) is 10.1. The molecule has 1 aromatic rings. The molecule has 0 saturated heterocycles. The molecule has 0 radical (unpaired) electrons. The third-order valence-corrected chi connectivity index (χ3v) is 4.29. The van der Waals surface area contributed by atoms with Crippen LogP contribution in [0, 0.1) is 5.92 Å². The first-order valence-corrected chi connectivity index (χ1v) is 9.65. The summed E-state index contributed by atoms with van der Waals surface area (Å²) in [6, 6.07) is 3.78. The maximum absolute atomic E-state index is 12.5. The Bertz CT molecular complexity index is 638. The Labute approximate surface area is 162 Å². The highest BCUT2D eigenvalue weighted by atomic mass is 16.6. The highest BCUT2D eigenvalue weighted by molar-refractivity contribution is 5.78. The third kappa shape index (κ3) is 7.81. The van der Waals surface area contributed by atoms with Gasteiger partial charge in [-0.1, -0.05) is 18.2 Å². The van der Waals surface area contributed by atoms with Crippen LogP contribution < -0.4 is 5.32 Å². The Hall–Kier alpha value is -2.37. The van der Waals surface area contributed by atoms with Crippen molar-refractivity contribution in [1.82, 2.24) is 15.2 Å². The van der Waals surface area contributed by atoms with Gasteiger partial charge in [0.15, 0.2) is 0 Å². The van der Waals surface area contributed by atoms with E-state index in [1.165, 1.54) is 0 Å². The van der Waals surface area contributed by atoms with Gasteiger partial charge >= 0.3 is 6.09 Å². The average Bonchev–Trinajstić information content (AvgIpc) is 2.64. The summed E-state index contributed by atoms with van der Waals surface area (Å²) in [6.45, 7) is 7.05. The molecule has 1 heterocycles. The van der Waals surface area contributed by atoms with Crippen LogP contribution in [-0.4, -0.2) is 40.6 Å². The van der Waals surface area contributed by atoms with Crippen molar-refractivity contribution < 1.29 is 14.3 Å². The predicted molar refractivity (Wildman–Crippen MR) is 105 cm³/mol. The van der Waals surface area contributed by atoms with E-state index >= 15 is 0 Å². The van der Waals surface area contributed by atoms with Gasteiger partial charge in [0.05, 0.1) is 6.54 Å². The van der Waals surface area contributed by atoms with E-state index < -0.39 is 5.60 Å². The van der Waals surface area contributed by atoms with E-state index in [1.807, 2.05) is 32.9 Å². The normalized spacial score (nSPS) is 16.6. The van der Waals surface area contributed by atoms with E-state index in [1.54, 1.807) is 17.3 Å². The molecule has 0 bridgehead atoms. The van der Waals surface area contributed by atoms with E-state index in [9.17, 15) is 9.59 Å². The first-order valence-electron chi connectivity index (χ1n) is 9.65. The smallest absolute Gasteiger partial charge is 0.410 e. The fourth-order valence-corrected chi connectivity index (χ4v) is 2.93. The minimum absolute atomic E-state index is 0.0763. The van der Waals surface area contributed by atoms with Gasteiger partial charge in [0.25, 0.3) is 0 Å². The van der Waals surface area contributed by atoms with E-state index in [-0.39, 0.29) is 17.9 Å². The third-order valence-electron chi connectivity index (χ3n) is 4.29. The van der Waals surface area contributed by atoms with Crippen molar-refractivity contribution in [3.05, 3.63) is 42.2 Å². The monoisotopic (exact) mass is 373 g/mol. The number of nitrogens with zero attached hydrogens (tertiary/aromatic N) is 2. The van der Waals surface area contributed by atoms with E-state index in [4.69, 9.17) is 4.74 Å². The molecule has 0 spiro atoms. The second-order valence-electron chi connectivity index (χ2n) is 7.89. The van der Waals surface area contributed by atoms with Crippen molar-refractivity contribution in [1.29, 1.82) is 0 Å². The number of hydrogen-bond acceptors (Lipinski definition) is 4. The Morgan fingerprint density at radius 2 is 2.15 bits per heavy atom. The molecule has 2 rings (SSSR count). The zero-order valence-corrected chi connectivity index (χ0v) is 16.6. The first kappa shape index (κ1) is 20.9. The van der Waals surface area contributed by atoms with Gasteiger partial charge in [0.1, 0.15) is 5.60 Å². The van der Waals surface area contributed by atoms with Gasteiger partial charge in [0.2, 0.25) is 5.91 Å². The number of amides is 2. The minimum atomic E-state index is -0.549. The summed E-state index contributed by atoms with van der Waals surface area (Å²) in [4.78, 5) is 30.5. The number of carbonyl (C=O) groups excluding carboxylic acids is 2. The van der Waals surface area contributed by atoms with Crippen LogP contribution in [0.5, 0.6) is 0 Å².